The maximum Gasteiger partial charge on any atom is 0.259 e. The molecule has 0 bridgehead atoms. The van der Waals surface area contributed by atoms with Crippen LogP contribution in [0.25, 0.3) is 32.9 Å². The minimum absolute atomic E-state index is 0.166. The first-order chi connectivity index (χ1) is 15.0. The molecule has 6 nitrogen and oxygen atoms in total. The van der Waals surface area contributed by atoms with Gasteiger partial charge in [-0.15, -0.1) is 0 Å². The molecule has 2 amide bonds. The first-order valence-electron chi connectivity index (χ1n) is 10.1. The molecule has 0 spiro atoms. The van der Waals surface area contributed by atoms with E-state index in [0.717, 1.165) is 23.9 Å². The number of nitrogens with one attached hydrogen (secondary N) is 2. The number of hydrogen-bond acceptors (Lipinski definition) is 4. The Morgan fingerprint density at radius 3 is 2.48 bits per heavy atom. The number of halogens is 1. The molecule has 31 heavy (non-hydrogen) atoms. The van der Waals surface area contributed by atoms with Crippen LogP contribution in [-0.4, -0.2) is 28.4 Å². The number of amides is 2. The number of aryl methyl sites for hydroxylation is 1. The summed E-state index contributed by atoms with van der Waals surface area (Å²) in [6.07, 6.45) is 2.45. The van der Waals surface area contributed by atoms with E-state index in [1.165, 1.54) is 0 Å². The van der Waals surface area contributed by atoms with Crippen LogP contribution >= 0.6 is 11.6 Å². The average Bonchev–Trinajstić information content (AvgIpc) is 3.24. The summed E-state index contributed by atoms with van der Waals surface area (Å²) < 4.78 is 0. The van der Waals surface area contributed by atoms with E-state index >= 15 is 0 Å². The van der Waals surface area contributed by atoms with Crippen LogP contribution in [0, 0.1) is 0 Å². The van der Waals surface area contributed by atoms with Gasteiger partial charge in [0.15, 0.2) is 0 Å². The van der Waals surface area contributed by atoms with Gasteiger partial charge >= 0.3 is 0 Å². The standard InChI is InChI=1S/C24H20ClN3O3/c25-16-7-2-1-6-13(16)14-10-18-20(22-21(14)23(30)28-24(22)31)15-11-19(29)12(5-3-4-8-26)9-17(15)27-18/h1-2,6-7,9-11,27,29H,3-5,8,26H2,(H,28,30,31). The topological polar surface area (TPSA) is 108 Å². The minimum Gasteiger partial charge on any atom is -0.508 e. The highest BCUT2D eigenvalue weighted by Gasteiger charge is 2.34. The van der Waals surface area contributed by atoms with Crippen molar-refractivity contribution in [1.29, 1.82) is 0 Å². The highest BCUT2D eigenvalue weighted by atomic mass is 35.5. The average molecular weight is 434 g/mol. The molecule has 0 saturated heterocycles. The van der Waals surface area contributed by atoms with E-state index in [9.17, 15) is 14.7 Å². The third-order valence-electron chi connectivity index (χ3n) is 5.83. The summed E-state index contributed by atoms with van der Waals surface area (Å²) in [7, 11) is 0. The number of aromatic amines is 1. The van der Waals surface area contributed by atoms with Gasteiger partial charge in [0.25, 0.3) is 11.8 Å². The van der Waals surface area contributed by atoms with Crippen LogP contribution in [0.2, 0.25) is 5.02 Å². The van der Waals surface area contributed by atoms with E-state index in [-0.39, 0.29) is 5.75 Å². The smallest absolute Gasteiger partial charge is 0.259 e. The second-order valence-corrected chi connectivity index (χ2v) is 8.16. The Morgan fingerprint density at radius 1 is 0.935 bits per heavy atom. The van der Waals surface area contributed by atoms with Crippen molar-refractivity contribution in [3.63, 3.8) is 0 Å². The van der Waals surface area contributed by atoms with Crippen molar-refractivity contribution in [2.75, 3.05) is 6.54 Å². The van der Waals surface area contributed by atoms with Gasteiger partial charge in [0, 0.05) is 32.4 Å². The molecule has 3 aromatic carbocycles. The van der Waals surface area contributed by atoms with Crippen molar-refractivity contribution in [1.82, 2.24) is 10.3 Å². The molecule has 156 valence electrons. The molecule has 7 heteroatoms. The number of carbonyl (C=O) groups excluding carboxylic acids is 2. The van der Waals surface area contributed by atoms with Gasteiger partial charge in [-0.05, 0) is 61.2 Å². The molecule has 1 aliphatic heterocycles. The Bertz CT molecular complexity index is 1390. The molecule has 0 atom stereocenters. The predicted molar refractivity (Wildman–Crippen MR) is 122 cm³/mol. The van der Waals surface area contributed by atoms with Crippen LogP contribution in [0.5, 0.6) is 5.75 Å². The van der Waals surface area contributed by atoms with Crippen molar-refractivity contribution in [3.05, 3.63) is 64.2 Å². The molecule has 0 unspecified atom stereocenters. The molecule has 1 aliphatic rings. The lowest BCUT2D eigenvalue weighted by atomic mass is 9.92. The summed E-state index contributed by atoms with van der Waals surface area (Å²) in [6.45, 7) is 0.607. The highest BCUT2D eigenvalue weighted by Crippen LogP contribution is 2.41. The van der Waals surface area contributed by atoms with E-state index in [2.05, 4.69) is 10.3 Å². The van der Waals surface area contributed by atoms with E-state index < -0.39 is 11.8 Å². The number of phenolic OH excluding ortho intramolecular Hbond substituents is 1. The Balaban J connectivity index is 1.80. The molecule has 5 N–H and O–H groups in total. The second kappa shape index (κ2) is 7.41. The summed E-state index contributed by atoms with van der Waals surface area (Å²) in [5.74, 6) is -0.737. The van der Waals surface area contributed by atoms with Crippen LogP contribution in [0.1, 0.15) is 39.1 Å². The van der Waals surface area contributed by atoms with E-state index in [0.29, 0.717) is 56.5 Å². The number of carbonyl (C=O) groups is 2. The molecular weight excluding hydrogens is 414 g/mol. The molecule has 0 saturated carbocycles. The number of benzene rings is 3. The van der Waals surface area contributed by atoms with Crippen molar-refractivity contribution in [2.24, 2.45) is 5.73 Å². The lowest BCUT2D eigenvalue weighted by molar-refractivity contribution is 0.0880. The number of rotatable bonds is 5. The summed E-state index contributed by atoms with van der Waals surface area (Å²) in [5.41, 5.74) is 9.77. The van der Waals surface area contributed by atoms with Crippen LogP contribution < -0.4 is 11.1 Å². The Hall–Kier alpha value is -3.35. The van der Waals surface area contributed by atoms with Gasteiger partial charge in [0.1, 0.15) is 5.75 Å². The molecule has 5 rings (SSSR count). The SMILES string of the molecule is NCCCCc1cc2[nH]c3cc(-c4ccccc4Cl)c4c(c3c2cc1O)C(=O)NC4=O. The zero-order valence-electron chi connectivity index (χ0n) is 16.6. The normalized spacial score (nSPS) is 13.2. The molecule has 2 heterocycles. The molecule has 0 fully saturated rings. The Kier molecular flexibility index (Phi) is 4.68. The van der Waals surface area contributed by atoms with Crippen LogP contribution in [-0.2, 0) is 6.42 Å². The number of nitrogens with two attached hydrogens (primary N) is 1. The molecule has 0 aliphatic carbocycles. The fourth-order valence-electron chi connectivity index (χ4n) is 4.39. The fraction of sp³-hybridized carbons (Fsp3) is 0.167. The quantitative estimate of drug-likeness (QED) is 0.274. The number of imide groups is 1. The van der Waals surface area contributed by atoms with Gasteiger partial charge in [0.05, 0.1) is 11.1 Å². The number of unbranched alkanes of at least 4 members (excludes halogenated alkanes) is 1. The molecule has 0 radical (unpaired) electrons. The van der Waals surface area contributed by atoms with Crippen molar-refractivity contribution in [2.45, 2.75) is 19.3 Å². The van der Waals surface area contributed by atoms with E-state index in [1.54, 1.807) is 12.1 Å². The number of phenols is 1. The maximum atomic E-state index is 12.8. The lowest BCUT2D eigenvalue weighted by Crippen LogP contribution is -2.20. The number of hydrogen-bond donors (Lipinski definition) is 4. The van der Waals surface area contributed by atoms with Gasteiger partial charge in [-0.2, -0.15) is 0 Å². The van der Waals surface area contributed by atoms with Crippen LogP contribution in [0.4, 0.5) is 0 Å². The maximum absolute atomic E-state index is 12.8. The van der Waals surface area contributed by atoms with Gasteiger partial charge in [-0.3, -0.25) is 14.9 Å². The fourth-order valence-corrected chi connectivity index (χ4v) is 4.63. The number of aromatic hydroxyl groups is 1. The largest absolute Gasteiger partial charge is 0.508 e. The van der Waals surface area contributed by atoms with Crippen molar-refractivity contribution >= 4 is 45.2 Å². The van der Waals surface area contributed by atoms with Gasteiger partial charge in [0.2, 0.25) is 0 Å². The Labute approximate surface area is 183 Å². The summed E-state index contributed by atoms with van der Waals surface area (Å²) >= 11 is 6.41. The van der Waals surface area contributed by atoms with E-state index in [1.807, 2.05) is 30.3 Å². The van der Waals surface area contributed by atoms with Gasteiger partial charge in [-0.1, -0.05) is 29.8 Å². The number of H-pyrrole nitrogens is 1. The predicted octanol–water partition coefficient (Wildman–Crippen LogP) is 4.51. The molecule has 4 aromatic rings. The minimum atomic E-state index is -0.452. The van der Waals surface area contributed by atoms with Crippen LogP contribution in [0.3, 0.4) is 0 Å². The third kappa shape index (κ3) is 3.07. The monoisotopic (exact) mass is 433 g/mol. The lowest BCUT2D eigenvalue weighted by Gasteiger charge is -2.10. The van der Waals surface area contributed by atoms with Crippen molar-refractivity contribution in [3.8, 4) is 16.9 Å². The third-order valence-corrected chi connectivity index (χ3v) is 6.16. The first-order valence-corrected chi connectivity index (χ1v) is 10.5. The first kappa shape index (κ1) is 19.6. The molecule has 1 aromatic heterocycles. The summed E-state index contributed by atoms with van der Waals surface area (Å²) in [5, 5.41) is 14.8. The number of fused-ring (bicyclic) bond motifs is 5. The molecular formula is C24H20ClN3O3. The second-order valence-electron chi connectivity index (χ2n) is 7.76. The van der Waals surface area contributed by atoms with Crippen molar-refractivity contribution < 1.29 is 14.7 Å². The number of aromatic nitrogens is 1. The zero-order valence-corrected chi connectivity index (χ0v) is 17.3. The Morgan fingerprint density at radius 2 is 1.71 bits per heavy atom. The van der Waals surface area contributed by atoms with Gasteiger partial charge < -0.3 is 15.8 Å². The van der Waals surface area contributed by atoms with Crippen LogP contribution in [0.15, 0.2) is 42.5 Å². The summed E-state index contributed by atoms with van der Waals surface area (Å²) in [4.78, 5) is 28.8. The van der Waals surface area contributed by atoms with E-state index in [4.69, 9.17) is 17.3 Å². The zero-order chi connectivity index (χ0) is 21.7. The van der Waals surface area contributed by atoms with Gasteiger partial charge in [-0.25, -0.2) is 0 Å². The summed E-state index contributed by atoms with van der Waals surface area (Å²) in [6, 6.07) is 12.6. The highest BCUT2D eigenvalue weighted by molar-refractivity contribution is 6.36.